The monoisotopic (exact) mass is 371 g/mol. The third-order valence-corrected chi connectivity index (χ3v) is 3.73. The van der Waals surface area contributed by atoms with Crippen molar-refractivity contribution in [3.05, 3.63) is 48.0 Å². The van der Waals surface area contributed by atoms with Crippen LogP contribution in [0.15, 0.2) is 42.5 Å². The van der Waals surface area contributed by atoms with Crippen LogP contribution in [0.5, 0.6) is 23.0 Å². The van der Waals surface area contributed by atoms with Crippen molar-refractivity contribution >= 4 is 17.7 Å². The average molecular weight is 371 g/mol. The summed E-state index contributed by atoms with van der Waals surface area (Å²) in [6.07, 6.45) is 4.08. The highest BCUT2D eigenvalue weighted by atomic mass is 16.5. The summed E-state index contributed by atoms with van der Waals surface area (Å²) in [6.45, 7) is 2.67. The molecule has 0 saturated heterocycles. The molecule has 0 aromatic heterocycles. The molecule has 0 spiro atoms. The van der Waals surface area contributed by atoms with Gasteiger partial charge in [-0.2, -0.15) is 0 Å². The summed E-state index contributed by atoms with van der Waals surface area (Å²) in [7, 11) is 4.70. The van der Waals surface area contributed by atoms with E-state index in [0.717, 1.165) is 12.0 Å². The Morgan fingerprint density at radius 2 is 1.59 bits per heavy atom. The number of carbonyl (C=O) groups excluding carboxylic acids is 1. The fourth-order valence-corrected chi connectivity index (χ4v) is 2.39. The minimum Gasteiger partial charge on any atom is -0.493 e. The van der Waals surface area contributed by atoms with Gasteiger partial charge in [-0.15, -0.1) is 0 Å². The van der Waals surface area contributed by atoms with Gasteiger partial charge >= 0.3 is 0 Å². The lowest BCUT2D eigenvalue weighted by Gasteiger charge is -2.10. The number of carbonyl (C=O) groups is 1. The fourth-order valence-electron chi connectivity index (χ4n) is 2.39. The smallest absolute Gasteiger partial charge is 0.248 e. The number of nitrogens with one attached hydrogen (secondary N) is 1. The van der Waals surface area contributed by atoms with Crippen molar-refractivity contribution in [1.82, 2.24) is 0 Å². The molecule has 0 saturated carbocycles. The quantitative estimate of drug-likeness (QED) is 0.671. The number of anilines is 1. The van der Waals surface area contributed by atoms with Gasteiger partial charge in [0.15, 0.2) is 23.0 Å². The zero-order valence-electron chi connectivity index (χ0n) is 16.1. The van der Waals surface area contributed by atoms with Crippen molar-refractivity contribution < 1.29 is 23.7 Å². The van der Waals surface area contributed by atoms with E-state index >= 15 is 0 Å². The number of ether oxygens (including phenoxy) is 4. The van der Waals surface area contributed by atoms with Gasteiger partial charge < -0.3 is 24.3 Å². The minimum atomic E-state index is -0.257. The van der Waals surface area contributed by atoms with Crippen LogP contribution in [0.25, 0.3) is 6.08 Å². The van der Waals surface area contributed by atoms with E-state index in [0.29, 0.717) is 35.3 Å². The first kappa shape index (κ1) is 20.2. The van der Waals surface area contributed by atoms with Crippen molar-refractivity contribution in [3.63, 3.8) is 0 Å². The van der Waals surface area contributed by atoms with Crippen LogP contribution in [0, 0.1) is 0 Å². The second-order valence-electron chi connectivity index (χ2n) is 5.65. The molecule has 0 fully saturated rings. The molecule has 6 nitrogen and oxygen atoms in total. The van der Waals surface area contributed by atoms with Crippen LogP contribution in [0.1, 0.15) is 18.9 Å². The van der Waals surface area contributed by atoms with E-state index in [4.69, 9.17) is 18.9 Å². The van der Waals surface area contributed by atoms with Crippen LogP contribution < -0.4 is 24.3 Å². The summed E-state index contributed by atoms with van der Waals surface area (Å²) in [5.74, 6) is 2.21. The maximum Gasteiger partial charge on any atom is 0.248 e. The van der Waals surface area contributed by atoms with Gasteiger partial charge in [0.05, 0.1) is 27.9 Å². The van der Waals surface area contributed by atoms with Gasteiger partial charge in [0.1, 0.15) is 0 Å². The maximum absolute atomic E-state index is 12.2. The van der Waals surface area contributed by atoms with Crippen LogP contribution >= 0.6 is 0 Å². The second kappa shape index (κ2) is 10.1. The molecule has 0 aliphatic rings. The van der Waals surface area contributed by atoms with Gasteiger partial charge in [-0.1, -0.05) is 13.0 Å². The molecule has 1 amide bonds. The highest BCUT2D eigenvalue weighted by Gasteiger charge is 2.07. The van der Waals surface area contributed by atoms with Gasteiger partial charge in [0.25, 0.3) is 0 Å². The lowest BCUT2D eigenvalue weighted by molar-refractivity contribution is -0.111. The molecule has 0 atom stereocenters. The van der Waals surface area contributed by atoms with Crippen molar-refractivity contribution in [1.29, 1.82) is 0 Å². The standard InChI is InChI=1S/C21H25NO5/c1-5-12-27-18-9-6-15(13-19(18)25-3)7-11-21(23)22-16-8-10-17(24-2)20(14-16)26-4/h6-11,13-14H,5,12H2,1-4H3,(H,22,23)/b11-7+. The number of benzene rings is 2. The van der Waals surface area contributed by atoms with Crippen LogP contribution in [0.4, 0.5) is 5.69 Å². The zero-order valence-corrected chi connectivity index (χ0v) is 16.1. The number of methoxy groups -OCH3 is 3. The Hall–Kier alpha value is -3.15. The van der Waals surface area contributed by atoms with Crippen LogP contribution in [0.2, 0.25) is 0 Å². The summed E-state index contributed by atoms with van der Waals surface area (Å²) in [5.41, 5.74) is 1.45. The maximum atomic E-state index is 12.2. The summed E-state index contributed by atoms with van der Waals surface area (Å²) in [6, 6.07) is 10.7. The Morgan fingerprint density at radius 1 is 0.926 bits per heavy atom. The number of hydrogen-bond acceptors (Lipinski definition) is 5. The predicted molar refractivity (Wildman–Crippen MR) is 106 cm³/mol. The Kier molecular flexibility index (Phi) is 7.55. The van der Waals surface area contributed by atoms with E-state index in [2.05, 4.69) is 5.32 Å². The zero-order chi connectivity index (χ0) is 19.6. The normalized spacial score (nSPS) is 10.5. The Balaban J connectivity index is 2.06. The van der Waals surface area contributed by atoms with Crippen LogP contribution in [0.3, 0.4) is 0 Å². The average Bonchev–Trinajstić information content (AvgIpc) is 2.70. The molecule has 0 heterocycles. The molecule has 0 aliphatic carbocycles. The first-order valence-electron chi connectivity index (χ1n) is 8.63. The highest BCUT2D eigenvalue weighted by molar-refractivity contribution is 6.02. The molecule has 1 N–H and O–H groups in total. The number of amides is 1. The van der Waals surface area contributed by atoms with Gasteiger partial charge in [-0.3, -0.25) is 4.79 Å². The molecular formula is C21H25NO5. The summed E-state index contributed by atoms with van der Waals surface area (Å²) in [5, 5.41) is 2.79. The number of hydrogen-bond donors (Lipinski definition) is 1. The van der Waals surface area contributed by atoms with Gasteiger partial charge in [0, 0.05) is 17.8 Å². The van der Waals surface area contributed by atoms with Crippen LogP contribution in [-0.2, 0) is 4.79 Å². The first-order chi connectivity index (χ1) is 13.1. The van der Waals surface area contributed by atoms with Gasteiger partial charge in [-0.05, 0) is 42.3 Å². The molecule has 144 valence electrons. The van der Waals surface area contributed by atoms with Crippen molar-refractivity contribution in [2.45, 2.75) is 13.3 Å². The molecule has 0 aliphatic heterocycles. The Morgan fingerprint density at radius 3 is 2.26 bits per heavy atom. The molecular weight excluding hydrogens is 346 g/mol. The second-order valence-corrected chi connectivity index (χ2v) is 5.65. The molecule has 6 heteroatoms. The van der Waals surface area contributed by atoms with Crippen molar-refractivity contribution in [2.24, 2.45) is 0 Å². The molecule has 0 radical (unpaired) electrons. The number of rotatable bonds is 9. The lowest BCUT2D eigenvalue weighted by atomic mass is 10.2. The summed E-state index contributed by atoms with van der Waals surface area (Å²) >= 11 is 0. The topological polar surface area (TPSA) is 66.0 Å². The Bertz CT molecular complexity index is 801. The van der Waals surface area contributed by atoms with E-state index in [9.17, 15) is 4.79 Å². The van der Waals surface area contributed by atoms with E-state index in [1.165, 1.54) is 6.08 Å². The largest absolute Gasteiger partial charge is 0.493 e. The van der Waals surface area contributed by atoms with Crippen molar-refractivity contribution in [3.8, 4) is 23.0 Å². The fraction of sp³-hybridized carbons (Fsp3) is 0.286. The SMILES string of the molecule is CCCOc1ccc(/C=C/C(=O)Nc2ccc(OC)c(OC)c2)cc1OC. The first-order valence-corrected chi connectivity index (χ1v) is 8.63. The minimum absolute atomic E-state index is 0.257. The summed E-state index contributed by atoms with van der Waals surface area (Å²) < 4.78 is 21.4. The van der Waals surface area contributed by atoms with E-state index < -0.39 is 0 Å². The molecule has 2 aromatic rings. The Labute approximate surface area is 159 Å². The van der Waals surface area contributed by atoms with Crippen molar-refractivity contribution in [2.75, 3.05) is 33.3 Å². The molecule has 27 heavy (non-hydrogen) atoms. The summed E-state index contributed by atoms with van der Waals surface area (Å²) in [4.78, 5) is 12.2. The third kappa shape index (κ3) is 5.67. The van der Waals surface area contributed by atoms with E-state index in [1.54, 1.807) is 45.6 Å². The van der Waals surface area contributed by atoms with Gasteiger partial charge in [-0.25, -0.2) is 0 Å². The predicted octanol–water partition coefficient (Wildman–Crippen LogP) is 4.15. The third-order valence-electron chi connectivity index (χ3n) is 3.73. The highest BCUT2D eigenvalue weighted by Crippen LogP contribution is 2.30. The molecule has 0 bridgehead atoms. The molecule has 0 unspecified atom stereocenters. The molecule has 2 aromatic carbocycles. The molecule has 2 rings (SSSR count). The van der Waals surface area contributed by atoms with E-state index in [1.807, 2.05) is 25.1 Å². The van der Waals surface area contributed by atoms with Crippen LogP contribution in [-0.4, -0.2) is 33.8 Å². The lowest BCUT2D eigenvalue weighted by Crippen LogP contribution is -2.08. The van der Waals surface area contributed by atoms with E-state index in [-0.39, 0.29) is 5.91 Å². The van der Waals surface area contributed by atoms with Gasteiger partial charge in [0.2, 0.25) is 5.91 Å².